The molecule has 0 saturated heterocycles. The Morgan fingerprint density at radius 3 is 2.71 bits per heavy atom. The Kier molecular flexibility index (Phi) is 5.47. The number of anilines is 1. The van der Waals surface area contributed by atoms with Gasteiger partial charge < -0.3 is 11.1 Å². The molecule has 0 fully saturated rings. The first-order valence-electron chi connectivity index (χ1n) is 6.25. The molecule has 3 nitrogen and oxygen atoms in total. The first kappa shape index (κ1) is 15.7. The maximum Gasteiger partial charge on any atom is 0.227 e. The number of rotatable bonds is 6. The number of nitrogens with two attached hydrogens (primary N) is 1. The van der Waals surface area contributed by atoms with Crippen molar-refractivity contribution in [1.29, 1.82) is 0 Å². The monoisotopic (exact) mass is 324 g/mol. The van der Waals surface area contributed by atoms with Crippen LogP contribution in [0.3, 0.4) is 0 Å². The molecule has 2 rings (SSSR count). The van der Waals surface area contributed by atoms with Crippen molar-refractivity contribution < 1.29 is 9.18 Å². The van der Waals surface area contributed by atoms with E-state index in [-0.39, 0.29) is 24.0 Å². The quantitative estimate of drug-likeness (QED) is 0.797. The highest BCUT2D eigenvalue weighted by molar-refractivity contribution is 8.00. The zero-order chi connectivity index (χ0) is 15.2. The highest BCUT2D eigenvalue weighted by Gasteiger charge is 2.08. The molecular weight excluding hydrogens is 311 g/mol. The van der Waals surface area contributed by atoms with Crippen LogP contribution in [0.15, 0.2) is 47.4 Å². The van der Waals surface area contributed by atoms with E-state index in [2.05, 4.69) is 5.32 Å². The summed E-state index contributed by atoms with van der Waals surface area (Å²) in [6.07, 6.45) is 0. The van der Waals surface area contributed by atoms with E-state index in [0.29, 0.717) is 10.6 Å². The second-order valence-corrected chi connectivity index (χ2v) is 5.73. The lowest BCUT2D eigenvalue weighted by Gasteiger charge is -2.12. The van der Waals surface area contributed by atoms with Gasteiger partial charge in [-0.05, 0) is 24.3 Å². The molecule has 0 aliphatic carbocycles. The van der Waals surface area contributed by atoms with E-state index in [9.17, 15) is 9.18 Å². The second kappa shape index (κ2) is 7.33. The van der Waals surface area contributed by atoms with E-state index < -0.39 is 0 Å². The van der Waals surface area contributed by atoms with E-state index in [1.807, 2.05) is 24.3 Å². The molecule has 0 aliphatic heterocycles. The minimum atomic E-state index is -0.382. The number of primary amides is 1. The summed E-state index contributed by atoms with van der Waals surface area (Å²) >= 11 is 7.33. The van der Waals surface area contributed by atoms with Crippen LogP contribution in [0.1, 0.15) is 5.56 Å². The fraction of sp³-hybridized carbons (Fsp3) is 0.133. The second-order valence-electron chi connectivity index (χ2n) is 4.30. The molecule has 2 aromatic rings. The standard InChI is InChI=1S/C15H14ClFN2OS/c16-11-4-3-5-12(17)10(11)8-19-13-6-1-2-7-14(13)21-9-15(18)20/h1-7,19H,8-9H2,(H2,18,20). The van der Waals surface area contributed by atoms with Crippen molar-refractivity contribution in [2.75, 3.05) is 11.1 Å². The summed E-state index contributed by atoms with van der Waals surface area (Å²) in [6, 6.07) is 12.0. The Bertz CT molecular complexity index is 631. The van der Waals surface area contributed by atoms with Crippen LogP contribution in [-0.4, -0.2) is 11.7 Å². The van der Waals surface area contributed by atoms with Gasteiger partial charge in [0, 0.05) is 27.7 Å². The Hall–Kier alpha value is -1.72. The number of hydrogen-bond donors (Lipinski definition) is 2. The lowest BCUT2D eigenvalue weighted by atomic mass is 10.2. The van der Waals surface area contributed by atoms with Crippen molar-refractivity contribution in [1.82, 2.24) is 0 Å². The number of thioether (sulfide) groups is 1. The predicted molar refractivity (Wildman–Crippen MR) is 85.1 cm³/mol. The fourth-order valence-electron chi connectivity index (χ4n) is 1.77. The summed E-state index contributed by atoms with van der Waals surface area (Å²) in [7, 11) is 0. The van der Waals surface area contributed by atoms with Crippen LogP contribution in [0.4, 0.5) is 10.1 Å². The van der Waals surface area contributed by atoms with Crippen LogP contribution in [0.2, 0.25) is 5.02 Å². The number of para-hydroxylation sites is 1. The number of amides is 1. The van der Waals surface area contributed by atoms with Gasteiger partial charge in [-0.1, -0.05) is 29.8 Å². The van der Waals surface area contributed by atoms with Gasteiger partial charge in [-0.3, -0.25) is 4.79 Å². The molecule has 21 heavy (non-hydrogen) atoms. The van der Waals surface area contributed by atoms with Crippen molar-refractivity contribution in [2.45, 2.75) is 11.4 Å². The molecule has 0 unspecified atom stereocenters. The number of hydrogen-bond acceptors (Lipinski definition) is 3. The Morgan fingerprint density at radius 1 is 1.24 bits per heavy atom. The van der Waals surface area contributed by atoms with Crippen molar-refractivity contribution in [3.8, 4) is 0 Å². The molecule has 0 saturated carbocycles. The van der Waals surface area contributed by atoms with Gasteiger partial charge >= 0.3 is 0 Å². The third-order valence-electron chi connectivity index (χ3n) is 2.77. The molecule has 0 heterocycles. The van der Waals surface area contributed by atoms with E-state index in [0.717, 1.165) is 10.6 Å². The molecular formula is C15H14ClFN2OS. The average Bonchev–Trinajstić information content (AvgIpc) is 2.45. The van der Waals surface area contributed by atoms with Crippen molar-refractivity contribution in [3.63, 3.8) is 0 Å². The number of carbonyl (C=O) groups is 1. The molecule has 0 radical (unpaired) electrons. The molecule has 3 N–H and O–H groups in total. The zero-order valence-corrected chi connectivity index (χ0v) is 12.7. The SMILES string of the molecule is NC(=O)CSc1ccccc1NCc1c(F)cccc1Cl. The first-order chi connectivity index (χ1) is 10.1. The number of nitrogens with one attached hydrogen (secondary N) is 1. The maximum absolute atomic E-state index is 13.7. The molecule has 0 spiro atoms. The highest BCUT2D eigenvalue weighted by Crippen LogP contribution is 2.28. The van der Waals surface area contributed by atoms with Crippen molar-refractivity contribution in [3.05, 3.63) is 58.9 Å². The first-order valence-corrected chi connectivity index (χ1v) is 7.61. The lowest BCUT2D eigenvalue weighted by Crippen LogP contribution is -2.13. The van der Waals surface area contributed by atoms with E-state index in [4.69, 9.17) is 17.3 Å². The molecule has 0 aromatic heterocycles. The van der Waals surface area contributed by atoms with E-state index in [1.54, 1.807) is 12.1 Å². The number of halogens is 2. The minimum absolute atomic E-state index is 0.194. The normalized spacial score (nSPS) is 10.4. The van der Waals surface area contributed by atoms with Crippen LogP contribution in [0.25, 0.3) is 0 Å². The number of benzene rings is 2. The summed E-state index contributed by atoms with van der Waals surface area (Å²) in [4.78, 5) is 11.7. The van der Waals surface area contributed by atoms with Crippen LogP contribution in [0.5, 0.6) is 0 Å². The third-order valence-corrected chi connectivity index (χ3v) is 4.22. The average molecular weight is 325 g/mol. The van der Waals surface area contributed by atoms with Crippen LogP contribution in [-0.2, 0) is 11.3 Å². The maximum atomic E-state index is 13.7. The Morgan fingerprint density at radius 2 is 2.00 bits per heavy atom. The van der Waals surface area contributed by atoms with Gasteiger partial charge in [0.15, 0.2) is 0 Å². The fourth-order valence-corrected chi connectivity index (χ4v) is 2.77. The van der Waals surface area contributed by atoms with Gasteiger partial charge in [0.1, 0.15) is 5.82 Å². The van der Waals surface area contributed by atoms with E-state index >= 15 is 0 Å². The lowest BCUT2D eigenvalue weighted by molar-refractivity contribution is -0.115. The van der Waals surface area contributed by atoms with Crippen LogP contribution < -0.4 is 11.1 Å². The Labute approximate surface area is 131 Å². The van der Waals surface area contributed by atoms with Gasteiger partial charge in [-0.25, -0.2) is 4.39 Å². The van der Waals surface area contributed by atoms with Crippen LogP contribution in [0, 0.1) is 5.82 Å². The van der Waals surface area contributed by atoms with Crippen LogP contribution >= 0.6 is 23.4 Å². The van der Waals surface area contributed by atoms with Gasteiger partial charge in [-0.2, -0.15) is 0 Å². The topological polar surface area (TPSA) is 55.1 Å². The van der Waals surface area contributed by atoms with Gasteiger partial charge in [-0.15, -0.1) is 11.8 Å². The molecule has 2 aromatic carbocycles. The van der Waals surface area contributed by atoms with Crippen molar-refractivity contribution in [2.24, 2.45) is 5.73 Å². The predicted octanol–water partition coefficient (Wildman–Crippen LogP) is 3.67. The molecule has 0 atom stereocenters. The summed E-state index contributed by atoms with van der Waals surface area (Å²) in [5.74, 6) is -0.539. The molecule has 0 aliphatic rings. The number of carbonyl (C=O) groups excluding carboxylic acids is 1. The summed E-state index contributed by atoms with van der Waals surface area (Å²) in [5, 5.41) is 3.52. The highest BCUT2D eigenvalue weighted by atomic mass is 35.5. The summed E-state index contributed by atoms with van der Waals surface area (Å²) in [5.41, 5.74) is 6.37. The molecule has 0 bridgehead atoms. The molecule has 6 heteroatoms. The summed E-state index contributed by atoms with van der Waals surface area (Å²) < 4.78 is 13.7. The Balaban J connectivity index is 2.11. The molecule has 110 valence electrons. The van der Waals surface area contributed by atoms with Gasteiger partial charge in [0.25, 0.3) is 0 Å². The molecule has 1 amide bonds. The minimum Gasteiger partial charge on any atom is -0.380 e. The van der Waals surface area contributed by atoms with E-state index in [1.165, 1.54) is 17.8 Å². The van der Waals surface area contributed by atoms with Gasteiger partial charge in [0.2, 0.25) is 5.91 Å². The zero-order valence-electron chi connectivity index (χ0n) is 11.1. The van der Waals surface area contributed by atoms with Crippen molar-refractivity contribution >= 4 is 35.0 Å². The largest absolute Gasteiger partial charge is 0.380 e. The van der Waals surface area contributed by atoms with Gasteiger partial charge in [0.05, 0.1) is 5.75 Å². The third kappa shape index (κ3) is 4.37. The smallest absolute Gasteiger partial charge is 0.227 e. The summed E-state index contributed by atoms with van der Waals surface area (Å²) in [6.45, 7) is 0.264.